The molecular weight excluding hydrogens is 168 g/mol. The van der Waals surface area contributed by atoms with E-state index in [2.05, 4.69) is 11.9 Å². The van der Waals surface area contributed by atoms with Crippen molar-refractivity contribution < 1.29 is 9.59 Å². The van der Waals surface area contributed by atoms with E-state index in [0.717, 1.165) is 12.0 Å². The minimum absolute atomic E-state index is 0.345. The predicted molar refractivity (Wildman–Crippen MR) is 51.1 cm³/mol. The fraction of sp³-hybridized carbons (Fsp3) is 0.556. The molecule has 0 aromatic rings. The Morgan fingerprint density at radius 3 is 2.62 bits per heavy atom. The molecule has 0 fully saturated rings. The molecule has 0 aliphatic rings. The van der Waals surface area contributed by atoms with Crippen LogP contribution in [0.4, 0.5) is 0 Å². The van der Waals surface area contributed by atoms with Crippen molar-refractivity contribution in [1.82, 2.24) is 10.2 Å². The van der Waals surface area contributed by atoms with Gasteiger partial charge in [0.2, 0.25) is 6.41 Å². The Kier molecular flexibility index (Phi) is 5.59. The summed E-state index contributed by atoms with van der Waals surface area (Å²) in [6.45, 7) is 3.73. The van der Waals surface area contributed by atoms with Gasteiger partial charge in [-0.3, -0.25) is 4.79 Å². The van der Waals surface area contributed by atoms with Crippen LogP contribution in [0.5, 0.6) is 0 Å². The Labute approximate surface area is 78.6 Å². The molecule has 0 aliphatic carbocycles. The molecule has 0 bridgehead atoms. The molecule has 0 saturated heterocycles. The highest BCUT2D eigenvalue weighted by Gasteiger charge is 2.11. The molecule has 74 valence electrons. The van der Waals surface area contributed by atoms with Gasteiger partial charge in [0.25, 0.3) is 0 Å². The molecule has 0 rings (SSSR count). The molecule has 13 heavy (non-hydrogen) atoms. The molecule has 0 aliphatic heterocycles. The summed E-state index contributed by atoms with van der Waals surface area (Å²) >= 11 is 0. The fourth-order valence-corrected chi connectivity index (χ4v) is 0.893. The summed E-state index contributed by atoms with van der Waals surface area (Å²) in [6.07, 6.45) is 2.73. The van der Waals surface area contributed by atoms with Crippen molar-refractivity contribution in [1.29, 1.82) is 0 Å². The lowest BCUT2D eigenvalue weighted by molar-refractivity contribution is -0.124. The molecule has 4 nitrogen and oxygen atoms in total. The number of allylic oxidation sites excluding steroid dienone is 1. The van der Waals surface area contributed by atoms with Crippen molar-refractivity contribution in [3.8, 4) is 0 Å². The second-order valence-corrected chi connectivity index (χ2v) is 2.87. The summed E-state index contributed by atoms with van der Waals surface area (Å²) in [5.41, 5.74) is 0.867. The fourth-order valence-electron chi connectivity index (χ4n) is 0.893. The third-order valence-electron chi connectivity index (χ3n) is 1.94. The average Bonchev–Trinajstić information content (AvgIpc) is 2.17. The van der Waals surface area contributed by atoms with Crippen LogP contribution in [-0.2, 0) is 9.59 Å². The molecule has 0 spiro atoms. The van der Waals surface area contributed by atoms with E-state index < -0.39 is 0 Å². The zero-order chi connectivity index (χ0) is 10.3. The van der Waals surface area contributed by atoms with Crippen molar-refractivity contribution in [2.45, 2.75) is 18.9 Å². The molecule has 0 heterocycles. The number of hydrogen-bond acceptors (Lipinski definition) is 3. The van der Waals surface area contributed by atoms with Gasteiger partial charge in [-0.05, 0) is 12.8 Å². The van der Waals surface area contributed by atoms with Gasteiger partial charge in [-0.25, -0.2) is 0 Å². The van der Waals surface area contributed by atoms with Gasteiger partial charge in [-0.2, -0.15) is 0 Å². The van der Waals surface area contributed by atoms with Crippen LogP contribution in [0.1, 0.15) is 12.8 Å². The van der Waals surface area contributed by atoms with Crippen LogP contribution < -0.4 is 5.32 Å². The third-order valence-corrected chi connectivity index (χ3v) is 1.94. The van der Waals surface area contributed by atoms with E-state index in [0.29, 0.717) is 19.3 Å². The first kappa shape index (κ1) is 11.7. The molecule has 4 heteroatoms. The minimum atomic E-state index is -0.345. The maximum absolute atomic E-state index is 10.6. The van der Waals surface area contributed by atoms with Gasteiger partial charge in [-0.1, -0.05) is 6.58 Å². The molecular formula is C9H16N2O2. The highest BCUT2D eigenvalue weighted by molar-refractivity contribution is 5.63. The van der Waals surface area contributed by atoms with Gasteiger partial charge in [-0.15, -0.1) is 0 Å². The van der Waals surface area contributed by atoms with Crippen LogP contribution in [0, 0.1) is 0 Å². The third kappa shape index (κ3) is 4.30. The van der Waals surface area contributed by atoms with E-state index in [1.165, 1.54) is 4.90 Å². The largest absolute Gasteiger partial charge is 0.392 e. The van der Waals surface area contributed by atoms with Crippen LogP contribution in [0.25, 0.3) is 0 Å². The molecule has 0 radical (unpaired) electrons. The van der Waals surface area contributed by atoms with E-state index in [-0.39, 0.29) is 6.04 Å². The number of likely N-dealkylation sites (N-methyl/N-ethyl adjacent to an activating group) is 1. The maximum atomic E-state index is 10.6. The van der Waals surface area contributed by atoms with Crippen LogP contribution in [-0.4, -0.2) is 37.7 Å². The van der Waals surface area contributed by atoms with Crippen molar-refractivity contribution in [2.75, 3.05) is 14.1 Å². The van der Waals surface area contributed by atoms with E-state index >= 15 is 0 Å². The van der Waals surface area contributed by atoms with Gasteiger partial charge in [0.05, 0.1) is 6.04 Å². The summed E-state index contributed by atoms with van der Waals surface area (Å²) < 4.78 is 0. The monoisotopic (exact) mass is 184 g/mol. The Morgan fingerprint density at radius 2 is 2.23 bits per heavy atom. The standard InChI is InChI=1S/C9H16N2O2/c1-8(10-2)4-5-9(6-12)11(3)7-13/h6-7,9-10H,1,4-5H2,2-3H3. The Morgan fingerprint density at radius 1 is 1.62 bits per heavy atom. The molecule has 1 unspecified atom stereocenters. The molecule has 0 aromatic heterocycles. The molecule has 1 N–H and O–H groups in total. The topological polar surface area (TPSA) is 49.4 Å². The smallest absolute Gasteiger partial charge is 0.210 e. The first-order valence-electron chi connectivity index (χ1n) is 4.13. The highest BCUT2D eigenvalue weighted by Crippen LogP contribution is 2.04. The van der Waals surface area contributed by atoms with Crippen LogP contribution in [0.2, 0.25) is 0 Å². The van der Waals surface area contributed by atoms with Crippen molar-refractivity contribution in [2.24, 2.45) is 0 Å². The van der Waals surface area contributed by atoms with Crippen LogP contribution in [0.15, 0.2) is 12.3 Å². The summed E-state index contributed by atoms with van der Waals surface area (Å²) in [4.78, 5) is 22.3. The predicted octanol–water partition coefficient (Wildman–Crippen LogP) is 0.155. The summed E-state index contributed by atoms with van der Waals surface area (Å²) in [6, 6.07) is -0.345. The van der Waals surface area contributed by atoms with Crippen molar-refractivity contribution >= 4 is 12.7 Å². The number of carbonyl (C=O) groups is 2. The van der Waals surface area contributed by atoms with Crippen molar-refractivity contribution in [3.63, 3.8) is 0 Å². The second-order valence-electron chi connectivity index (χ2n) is 2.87. The van der Waals surface area contributed by atoms with Crippen LogP contribution in [0.3, 0.4) is 0 Å². The van der Waals surface area contributed by atoms with Gasteiger partial charge < -0.3 is 15.0 Å². The number of aldehydes is 1. The quantitative estimate of drug-likeness (QED) is 0.573. The van der Waals surface area contributed by atoms with Crippen molar-refractivity contribution in [3.05, 3.63) is 12.3 Å². The zero-order valence-electron chi connectivity index (χ0n) is 8.12. The first-order chi connectivity index (χ1) is 6.15. The SMILES string of the molecule is C=C(CCC(C=O)N(C)C=O)NC. The summed E-state index contributed by atoms with van der Waals surface area (Å²) in [5.74, 6) is 0. The van der Waals surface area contributed by atoms with E-state index in [1.807, 2.05) is 0 Å². The highest BCUT2D eigenvalue weighted by atomic mass is 16.1. The summed E-state index contributed by atoms with van der Waals surface area (Å²) in [7, 11) is 3.37. The number of amides is 1. The lowest BCUT2D eigenvalue weighted by Crippen LogP contribution is -2.32. The number of carbonyl (C=O) groups excluding carboxylic acids is 2. The minimum Gasteiger partial charge on any atom is -0.392 e. The van der Waals surface area contributed by atoms with E-state index in [9.17, 15) is 9.59 Å². The number of rotatable bonds is 7. The first-order valence-corrected chi connectivity index (χ1v) is 4.13. The van der Waals surface area contributed by atoms with E-state index in [1.54, 1.807) is 14.1 Å². The molecule has 1 amide bonds. The van der Waals surface area contributed by atoms with Crippen LogP contribution >= 0.6 is 0 Å². The second kappa shape index (κ2) is 6.22. The van der Waals surface area contributed by atoms with Gasteiger partial charge >= 0.3 is 0 Å². The van der Waals surface area contributed by atoms with Gasteiger partial charge in [0.15, 0.2) is 0 Å². The average molecular weight is 184 g/mol. The number of nitrogens with zero attached hydrogens (tertiary/aromatic N) is 1. The summed E-state index contributed by atoms with van der Waals surface area (Å²) in [5, 5.41) is 2.88. The Bertz CT molecular complexity index is 192. The lowest BCUT2D eigenvalue weighted by Gasteiger charge is -2.18. The molecule has 0 saturated carbocycles. The molecule has 0 aromatic carbocycles. The Hall–Kier alpha value is -1.32. The zero-order valence-corrected chi connectivity index (χ0v) is 8.12. The lowest BCUT2D eigenvalue weighted by atomic mass is 10.1. The number of nitrogens with one attached hydrogen (secondary N) is 1. The van der Waals surface area contributed by atoms with Gasteiger partial charge in [0, 0.05) is 19.8 Å². The Balaban J connectivity index is 3.91. The molecule has 1 atom stereocenters. The number of hydrogen-bond donors (Lipinski definition) is 1. The normalized spacial score (nSPS) is 11.5. The maximum Gasteiger partial charge on any atom is 0.210 e. The van der Waals surface area contributed by atoms with E-state index in [4.69, 9.17) is 0 Å². The van der Waals surface area contributed by atoms with Gasteiger partial charge in [0.1, 0.15) is 6.29 Å².